The first-order valence-electron chi connectivity index (χ1n) is 4.95. The van der Waals surface area contributed by atoms with E-state index in [9.17, 15) is 13.2 Å². The molecule has 3 N–H and O–H groups in total. The minimum atomic E-state index is -3.52. The van der Waals surface area contributed by atoms with E-state index < -0.39 is 16.1 Å². The van der Waals surface area contributed by atoms with Crippen LogP contribution in [0.2, 0.25) is 0 Å². The van der Waals surface area contributed by atoms with Gasteiger partial charge in [-0.15, -0.1) is 0 Å². The van der Waals surface area contributed by atoms with Gasteiger partial charge < -0.3 is 5.73 Å². The Balaban J connectivity index is 2.50. The van der Waals surface area contributed by atoms with E-state index in [1.54, 1.807) is 0 Å². The Morgan fingerprint density at radius 3 is 2.47 bits per heavy atom. The van der Waals surface area contributed by atoms with Gasteiger partial charge in [0, 0.05) is 13.1 Å². The molecule has 0 aromatic carbocycles. The second-order valence-electron chi connectivity index (χ2n) is 3.87. The highest BCUT2D eigenvalue weighted by Gasteiger charge is 2.26. The van der Waals surface area contributed by atoms with Crippen LogP contribution in [0.5, 0.6) is 0 Å². The number of primary amides is 1. The average molecular weight is 235 g/mol. The zero-order valence-electron chi connectivity index (χ0n) is 8.77. The molecule has 1 rings (SSSR count). The molecule has 0 aliphatic carbocycles. The number of rotatable bonds is 4. The van der Waals surface area contributed by atoms with E-state index in [4.69, 9.17) is 5.73 Å². The molecule has 0 aromatic heterocycles. The van der Waals surface area contributed by atoms with Gasteiger partial charge in [0.05, 0.1) is 6.54 Å². The predicted octanol–water partition coefficient (Wildman–Crippen LogP) is -0.962. The van der Waals surface area contributed by atoms with Gasteiger partial charge in [0.1, 0.15) is 0 Å². The van der Waals surface area contributed by atoms with Gasteiger partial charge in [-0.3, -0.25) is 4.79 Å². The molecule has 88 valence electrons. The van der Waals surface area contributed by atoms with Crippen LogP contribution >= 0.6 is 0 Å². The largest absolute Gasteiger partial charge is 0.369 e. The first-order valence-corrected chi connectivity index (χ1v) is 6.39. The summed E-state index contributed by atoms with van der Waals surface area (Å²) >= 11 is 0. The van der Waals surface area contributed by atoms with Gasteiger partial charge >= 0.3 is 0 Å². The standard InChI is InChI=1S/C8H17N3O3S/c1-7-2-4-11(5-3-7)15(13,14)10-6-8(9)12/h7,10H,2-6H2,1H3,(H2,9,12). The van der Waals surface area contributed by atoms with Crippen LogP contribution in [-0.4, -0.2) is 38.3 Å². The third-order valence-electron chi connectivity index (χ3n) is 2.51. The molecular weight excluding hydrogens is 218 g/mol. The Kier molecular flexibility index (Phi) is 4.06. The normalized spacial score (nSPS) is 20.3. The maximum absolute atomic E-state index is 11.6. The van der Waals surface area contributed by atoms with Crippen molar-refractivity contribution >= 4 is 16.1 Å². The lowest BCUT2D eigenvalue weighted by molar-refractivity contribution is -0.116. The van der Waals surface area contributed by atoms with Gasteiger partial charge in [0.15, 0.2) is 0 Å². The fourth-order valence-electron chi connectivity index (χ4n) is 1.48. The molecule has 1 amide bonds. The molecule has 0 bridgehead atoms. The number of amides is 1. The summed E-state index contributed by atoms with van der Waals surface area (Å²) in [7, 11) is -3.52. The summed E-state index contributed by atoms with van der Waals surface area (Å²) in [4.78, 5) is 10.5. The number of piperidine rings is 1. The SMILES string of the molecule is CC1CCN(S(=O)(=O)NCC(N)=O)CC1. The summed E-state index contributed by atoms with van der Waals surface area (Å²) in [5.74, 6) is -0.114. The van der Waals surface area contributed by atoms with E-state index in [1.165, 1.54) is 4.31 Å². The number of nitrogens with two attached hydrogens (primary N) is 1. The Morgan fingerprint density at radius 1 is 1.47 bits per heavy atom. The fourth-order valence-corrected chi connectivity index (χ4v) is 2.68. The Morgan fingerprint density at radius 2 is 2.00 bits per heavy atom. The van der Waals surface area contributed by atoms with Crippen LogP contribution in [0.1, 0.15) is 19.8 Å². The van der Waals surface area contributed by atoms with Gasteiger partial charge in [0.2, 0.25) is 5.91 Å². The van der Waals surface area contributed by atoms with Gasteiger partial charge in [-0.25, -0.2) is 0 Å². The molecule has 0 unspecified atom stereocenters. The van der Waals surface area contributed by atoms with Crippen molar-refractivity contribution in [1.82, 2.24) is 9.03 Å². The molecule has 7 heteroatoms. The Hall–Kier alpha value is -0.660. The zero-order valence-corrected chi connectivity index (χ0v) is 9.59. The van der Waals surface area contributed by atoms with Gasteiger partial charge in [-0.1, -0.05) is 6.92 Å². The molecule has 0 saturated carbocycles. The molecule has 6 nitrogen and oxygen atoms in total. The van der Waals surface area contributed by atoms with Crippen LogP contribution in [-0.2, 0) is 15.0 Å². The number of hydrogen-bond acceptors (Lipinski definition) is 3. The fraction of sp³-hybridized carbons (Fsp3) is 0.875. The van der Waals surface area contributed by atoms with Crippen LogP contribution < -0.4 is 10.5 Å². The second-order valence-corrected chi connectivity index (χ2v) is 5.63. The lowest BCUT2D eigenvalue weighted by Gasteiger charge is -2.29. The number of nitrogens with one attached hydrogen (secondary N) is 1. The third-order valence-corrected chi connectivity index (χ3v) is 4.07. The predicted molar refractivity (Wildman–Crippen MR) is 56.1 cm³/mol. The number of carbonyl (C=O) groups excluding carboxylic acids is 1. The third kappa shape index (κ3) is 3.77. The molecule has 0 spiro atoms. The van der Waals surface area contributed by atoms with Crippen molar-refractivity contribution in [3.8, 4) is 0 Å². The molecular formula is C8H17N3O3S. The highest BCUT2D eigenvalue weighted by molar-refractivity contribution is 7.87. The molecule has 0 atom stereocenters. The number of carbonyl (C=O) groups is 1. The summed E-state index contributed by atoms with van der Waals surface area (Å²) in [5.41, 5.74) is 4.87. The van der Waals surface area contributed by atoms with Crippen molar-refractivity contribution in [2.75, 3.05) is 19.6 Å². The number of hydrogen-bond donors (Lipinski definition) is 2. The summed E-state index contributed by atoms with van der Waals surface area (Å²) in [6.45, 7) is 2.78. The van der Waals surface area contributed by atoms with Gasteiger partial charge in [0.25, 0.3) is 10.2 Å². The van der Waals surface area contributed by atoms with E-state index >= 15 is 0 Å². The smallest absolute Gasteiger partial charge is 0.279 e. The van der Waals surface area contributed by atoms with E-state index in [2.05, 4.69) is 11.6 Å². The maximum atomic E-state index is 11.6. The molecule has 1 fully saturated rings. The van der Waals surface area contributed by atoms with E-state index in [0.717, 1.165) is 12.8 Å². The molecule has 1 aliphatic heterocycles. The van der Waals surface area contributed by atoms with E-state index in [-0.39, 0.29) is 6.54 Å². The van der Waals surface area contributed by atoms with Crippen LogP contribution in [0.4, 0.5) is 0 Å². The summed E-state index contributed by atoms with van der Waals surface area (Å²) in [6, 6.07) is 0. The average Bonchev–Trinajstić information content (AvgIpc) is 2.16. The topological polar surface area (TPSA) is 92.5 Å². The molecule has 0 radical (unpaired) electrons. The minimum absolute atomic E-state index is 0.339. The Labute approximate surface area is 90.0 Å². The molecule has 0 aromatic rings. The van der Waals surface area contributed by atoms with E-state index in [0.29, 0.717) is 19.0 Å². The second kappa shape index (κ2) is 4.91. The Bertz CT molecular complexity index is 320. The number of nitrogens with zero attached hydrogens (tertiary/aromatic N) is 1. The highest BCUT2D eigenvalue weighted by Crippen LogP contribution is 2.17. The minimum Gasteiger partial charge on any atom is -0.369 e. The van der Waals surface area contributed by atoms with Crippen LogP contribution in [0, 0.1) is 5.92 Å². The zero-order chi connectivity index (χ0) is 11.5. The monoisotopic (exact) mass is 235 g/mol. The van der Waals surface area contributed by atoms with Crippen molar-refractivity contribution in [2.24, 2.45) is 11.7 Å². The van der Waals surface area contributed by atoms with Crippen molar-refractivity contribution in [2.45, 2.75) is 19.8 Å². The first-order chi connectivity index (χ1) is 6.92. The van der Waals surface area contributed by atoms with E-state index in [1.807, 2.05) is 0 Å². The summed E-state index contributed by atoms with van der Waals surface area (Å²) in [5, 5.41) is 0. The lowest BCUT2D eigenvalue weighted by Crippen LogP contribution is -2.46. The quantitative estimate of drug-likeness (QED) is 0.657. The first kappa shape index (κ1) is 12.4. The van der Waals surface area contributed by atoms with Crippen LogP contribution in [0.25, 0.3) is 0 Å². The van der Waals surface area contributed by atoms with Crippen molar-refractivity contribution in [3.63, 3.8) is 0 Å². The maximum Gasteiger partial charge on any atom is 0.279 e. The van der Waals surface area contributed by atoms with Crippen LogP contribution in [0.3, 0.4) is 0 Å². The van der Waals surface area contributed by atoms with Crippen molar-refractivity contribution in [3.05, 3.63) is 0 Å². The van der Waals surface area contributed by atoms with Crippen LogP contribution in [0.15, 0.2) is 0 Å². The molecule has 1 heterocycles. The molecule has 1 saturated heterocycles. The molecule has 1 aliphatic rings. The van der Waals surface area contributed by atoms with Gasteiger partial charge in [-0.2, -0.15) is 17.4 Å². The molecule has 15 heavy (non-hydrogen) atoms. The summed E-state index contributed by atoms with van der Waals surface area (Å²) in [6.07, 6.45) is 1.72. The van der Waals surface area contributed by atoms with Crippen molar-refractivity contribution < 1.29 is 13.2 Å². The highest BCUT2D eigenvalue weighted by atomic mass is 32.2. The summed E-state index contributed by atoms with van der Waals surface area (Å²) < 4.78 is 26.7. The van der Waals surface area contributed by atoms with Gasteiger partial charge in [-0.05, 0) is 18.8 Å². The van der Waals surface area contributed by atoms with Crippen molar-refractivity contribution in [1.29, 1.82) is 0 Å². The lowest BCUT2D eigenvalue weighted by atomic mass is 10.0.